The molecular weight excluding hydrogens is 428 g/mol. The Bertz CT molecular complexity index is 1010. The number of hydroxylamine groups is 1. The smallest absolute Gasteiger partial charge is 0.268 e. The van der Waals surface area contributed by atoms with Crippen LogP contribution < -0.4 is 26.6 Å². The molecule has 10 heteroatoms. The minimum absolute atomic E-state index is 0.104. The molecule has 7 N–H and O–H groups in total. The maximum absolute atomic E-state index is 12.3. The maximum atomic E-state index is 12.3. The van der Waals surface area contributed by atoms with Crippen molar-refractivity contribution in [1.29, 1.82) is 0 Å². The van der Waals surface area contributed by atoms with E-state index in [0.717, 1.165) is 5.56 Å². The number of hydrogen-bond acceptors (Lipinski definition) is 7. The van der Waals surface area contributed by atoms with E-state index in [9.17, 15) is 19.5 Å². The van der Waals surface area contributed by atoms with Gasteiger partial charge in [0.05, 0.1) is 6.10 Å². The molecule has 2 aromatic carbocycles. The summed E-state index contributed by atoms with van der Waals surface area (Å²) in [6.45, 7) is 1.97. The highest BCUT2D eigenvalue weighted by Gasteiger charge is 2.25. The quantitative estimate of drug-likeness (QED) is 0.169. The van der Waals surface area contributed by atoms with Crippen molar-refractivity contribution in [2.75, 3.05) is 19.7 Å². The van der Waals surface area contributed by atoms with E-state index in [-0.39, 0.29) is 18.1 Å². The van der Waals surface area contributed by atoms with E-state index in [0.29, 0.717) is 24.4 Å². The Morgan fingerprint density at radius 3 is 2.12 bits per heavy atom. The highest BCUT2D eigenvalue weighted by Crippen LogP contribution is 2.12. The first-order chi connectivity index (χ1) is 15.8. The Morgan fingerprint density at radius 1 is 1.03 bits per heavy atom. The third-order valence-corrected chi connectivity index (χ3v) is 4.35. The molecule has 33 heavy (non-hydrogen) atoms. The van der Waals surface area contributed by atoms with Gasteiger partial charge in [0.1, 0.15) is 11.8 Å². The van der Waals surface area contributed by atoms with Crippen LogP contribution >= 0.6 is 0 Å². The molecule has 174 valence electrons. The van der Waals surface area contributed by atoms with E-state index < -0.39 is 24.0 Å². The number of benzene rings is 2. The van der Waals surface area contributed by atoms with Gasteiger partial charge in [-0.3, -0.25) is 19.6 Å². The standard InChI is InChI=1S/C23H26N4O6/c1-15(28)21(23(31)27-32)26-22(30)18-8-4-16(5-9-18)2-3-17-6-10-19(11-7-17)33-14-20(29)25-13-12-24/h4-11,15,21,28,32H,12-14,24H2,1H3,(H,25,29)(H,26,30)(H,27,31). The monoisotopic (exact) mass is 454 g/mol. The molecule has 0 saturated heterocycles. The molecule has 0 aliphatic rings. The second kappa shape index (κ2) is 12.8. The molecular formula is C23H26N4O6. The molecule has 0 heterocycles. The van der Waals surface area contributed by atoms with E-state index >= 15 is 0 Å². The second-order valence-corrected chi connectivity index (χ2v) is 6.95. The van der Waals surface area contributed by atoms with Crippen LogP contribution in [0.15, 0.2) is 48.5 Å². The predicted octanol–water partition coefficient (Wildman–Crippen LogP) is -0.475. The molecule has 2 rings (SSSR count). The molecule has 3 amide bonds. The fourth-order valence-electron chi connectivity index (χ4n) is 2.59. The molecule has 2 unspecified atom stereocenters. The second-order valence-electron chi connectivity index (χ2n) is 6.95. The highest BCUT2D eigenvalue weighted by atomic mass is 16.5. The van der Waals surface area contributed by atoms with Crippen molar-refractivity contribution >= 4 is 17.7 Å². The number of ether oxygens (including phenoxy) is 1. The number of amides is 3. The van der Waals surface area contributed by atoms with E-state index in [1.807, 2.05) is 0 Å². The maximum Gasteiger partial charge on any atom is 0.268 e. The molecule has 0 aromatic heterocycles. The Morgan fingerprint density at radius 2 is 1.61 bits per heavy atom. The SMILES string of the molecule is CC(O)C(NC(=O)c1ccc(C#Cc2ccc(OCC(=O)NCCN)cc2)cc1)C(=O)NO. The summed E-state index contributed by atoms with van der Waals surface area (Å²) in [5.41, 5.74) is 8.37. The predicted molar refractivity (Wildman–Crippen MR) is 119 cm³/mol. The van der Waals surface area contributed by atoms with Crippen LogP contribution in [0.1, 0.15) is 28.4 Å². The molecule has 0 saturated carbocycles. The summed E-state index contributed by atoms with van der Waals surface area (Å²) in [5, 5.41) is 23.3. The van der Waals surface area contributed by atoms with E-state index in [1.54, 1.807) is 36.4 Å². The van der Waals surface area contributed by atoms with Gasteiger partial charge in [-0.1, -0.05) is 11.8 Å². The highest BCUT2D eigenvalue weighted by molar-refractivity contribution is 5.97. The van der Waals surface area contributed by atoms with Gasteiger partial charge in [0.25, 0.3) is 17.7 Å². The zero-order chi connectivity index (χ0) is 24.2. The van der Waals surface area contributed by atoms with Crippen molar-refractivity contribution < 1.29 is 29.4 Å². The number of nitrogens with one attached hydrogen (secondary N) is 3. The van der Waals surface area contributed by atoms with Crippen LogP contribution in [-0.4, -0.2) is 59.9 Å². The molecule has 0 spiro atoms. The lowest BCUT2D eigenvalue weighted by Gasteiger charge is -2.19. The summed E-state index contributed by atoms with van der Waals surface area (Å²) in [5.74, 6) is 4.73. The van der Waals surface area contributed by atoms with E-state index in [4.69, 9.17) is 15.7 Å². The first-order valence-electron chi connectivity index (χ1n) is 10.1. The van der Waals surface area contributed by atoms with Crippen LogP contribution in [0.25, 0.3) is 0 Å². The third kappa shape index (κ3) is 8.27. The largest absolute Gasteiger partial charge is 0.484 e. The minimum atomic E-state index is -1.30. The summed E-state index contributed by atoms with van der Waals surface area (Å²) in [6.07, 6.45) is -1.20. The van der Waals surface area contributed by atoms with Gasteiger partial charge in [0.15, 0.2) is 6.61 Å². The number of rotatable bonds is 9. The van der Waals surface area contributed by atoms with Crippen molar-refractivity contribution in [1.82, 2.24) is 16.1 Å². The zero-order valence-electron chi connectivity index (χ0n) is 18.0. The van der Waals surface area contributed by atoms with Gasteiger partial charge in [0, 0.05) is 29.8 Å². The summed E-state index contributed by atoms with van der Waals surface area (Å²) in [7, 11) is 0. The average molecular weight is 454 g/mol. The summed E-state index contributed by atoms with van der Waals surface area (Å²) in [6, 6.07) is 12.0. The molecule has 0 aliphatic carbocycles. The Balaban J connectivity index is 1.95. The minimum Gasteiger partial charge on any atom is -0.484 e. The lowest BCUT2D eigenvalue weighted by atomic mass is 10.1. The molecule has 10 nitrogen and oxygen atoms in total. The van der Waals surface area contributed by atoms with Gasteiger partial charge in [-0.05, 0) is 55.5 Å². The van der Waals surface area contributed by atoms with Gasteiger partial charge in [-0.25, -0.2) is 5.48 Å². The van der Waals surface area contributed by atoms with Crippen LogP contribution in [0.4, 0.5) is 0 Å². The number of hydrogen-bond donors (Lipinski definition) is 6. The Hall–Kier alpha value is -3.91. The average Bonchev–Trinajstić information content (AvgIpc) is 2.83. The van der Waals surface area contributed by atoms with Crippen molar-refractivity contribution in [2.24, 2.45) is 5.73 Å². The van der Waals surface area contributed by atoms with Gasteiger partial charge in [-0.15, -0.1) is 0 Å². The number of carbonyl (C=O) groups is 3. The molecule has 0 radical (unpaired) electrons. The van der Waals surface area contributed by atoms with Crippen LogP contribution in [0.3, 0.4) is 0 Å². The van der Waals surface area contributed by atoms with Crippen LogP contribution in [0.2, 0.25) is 0 Å². The Kier molecular flexibility index (Phi) is 9.85. The number of aliphatic hydroxyl groups is 1. The normalized spacial score (nSPS) is 11.9. The van der Waals surface area contributed by atoms with Crippen molar-refractivity contribution in [2.45, 2.75) is 19.1 Å². The first kappa shape index (κ1) is 25.4. The lowest BCUT2D eigenvalue weighted by molar-refractivity contribution is -0.133. The summed E-state index contributed by atoms with van der Waals surface area (Å²) in [4.78, 5) is 35.3. The van der Waals surface area contributed by atoms with Crippen LogP contribution in [0.5, 0.6) is 5.75 Å². The van der Waals surface area contributed by atoms with E-state index in [1.165, 1.54) is 24.5 Å². The summed E-state index contributed by atoms with van der Waals surface area (Å²) >= 11 is 0. The first-order valence-corrected chi connectivity index (χ1v) is 10.1. The molecule has 0 aliphatic heterocycles. The molecule has 0 fully saturated rings. The van der Waals surface area contributed by atoms with Gasteiger partial charge < -0.3 is 26.2 Å². The van der Waals surface area contributed by atoms with Crippen molar-refractivity contribution in [3.05, 3.63) is 65.2 Å². The number of nitrogens with two attached hydrogens (primary N) is 1. The summed E-state index contributed by atoms with van der Waals surface area (Å²) < 4.78 is 5.39. The van der Waals surface area contributed by atoms with Crippen LogP contribution in [0, 0.1) is 11.8 Å². The fourth-order valence-corrected chi connectivity index (χ4v) is 2.59. The Labute approximate surface area is 191 Å². The van der Waals surface area contributed by atoms with Crippen molar-refractivity contribution in [3.8, 4) is 17.6 Å². The van der Waals surface area contributed by atoms with Gasteiger partial charge in [0.2, 0.25) is 0 Å². The van der Waals surface area contributed by atoms with E-state index in [2.05, 4.69) is 22.5 Å². The third-order valence-electron chi connectivity index (χ3n) is 4.35. The topological polar surface area (TPSA) is 163 Å². The molecule has 0 bridgehead atoms. The van der Waals surface area contributed by atoms with Crippen molar-refractivity contribution in [3.63, 3.8) is 0 Å². The van der Waals surface area contributed by atoms with Crippen LogP contribution in [-0.2, 0) is 9.59 Å². The van der Waals surface area contributed by atoms with Gasteiger partial charge in [-0.2, -0.15) is 0 Å². The fraction of sp³-hybridized carbons (Fsp3) is 0.261. The number of aliphatic hydroxyl groups excluding tert-OH is 1. The number of carbonyl (C=O) groups excluding carboxylic acids is 3. The zero-order valence-corrected chi connectivity index (χ0v) is 18.0. The van der Waals surface area contributed by atoms with Gasteiger partial charge >= 0.3 is 0 Å². The molecule has 2 aromatic rings. The lowest BCUT2D eigenvalue weighted by Crippen LogP contribution is -2.51. The molecule has 2 atom stereocenters.